The third-order valence-electron chi connectivity index (χ3n) is 3.59. The average Bonchev–Trinajstić information content (AvgIpc) is 2.69. The molecule has 0 spiro atoms. The number of rotatable bonds is 7. The van der Waals surface area contributed by atoms with Crippen molar-refractivity contribution in [1.29, 1.82) is 0 Å². The van der Waals surface area contributed by atoms with Crippen molar-refractivity contribution >= 4 is 28.7 Å². The van der Waals surface area contributed by atoms with Gasteiger partial charge in [0.15, 0.2) is 0 Å². The van der Waals surface area contributed by atoms with E-state index in [-0.39, 0.29) is 17.3 Å². The summed E-state index contributed by atoms with van der Waals surface area (Å²) in [5.41, 5.74) is 0.749. The largest absolute Gasteiger partial charge is 0.497 e. The summed E-state index contributed by atoms with van der Waals surface area (Å²) in [5.74, 6) is 1.10. The van der Waals surface area contributed by atoms with Gasteiger partial charge in [0.25, 0.3) is 0 Å². The second kappa shape index (κ2) is 7.95. The van der Waals surface area contributed by atoms with Crippen LogP contribution in [0, 0.1) is 10.1 Å². The lowest BCUT2D eigenvalue weighted by molar-refractivity contribution is -0.383. The average molecular weight is 368 g/mol. The Kier molecular flexibility index (Phi) is 5.26. The van der Waals surface area contributed by atoms with Crippen LogP contribution in [0.25, 0.3) is 0 Å². The number of anilines is 4. The van der Waals surface area contributed by atoms with E-state index in [1.807, 2.05) is 0 Å². The maximum Gasteiger partial charge on any atom is 0.353 e. The molecule has 0 aliphatic rings. The van der Waals surface area contributed by atoms with E-state index in [2.05, 4.69) is 25.6 Å². The van der Waals surface area contributed by atoms with Gasteiger partial charge in [0.05, 0.1) is 36.7 Å². The van der Waals surface area contributed by atoms with Gasteiger partial charge in [-0.25, -0.2) is 9.97 Å². The van der Waals surface area contributed by atoms with E-state index in [0.29, 0.717) is 22.9 Å². The van der Waals surface area contributed by atoms with Crippen LogP contribution in [-0.4, -0.2) is 34.1 Å². The zero-order chi connectivity index (χ0) is 19.2. The molecule has 10 heteroatoms. The van der Waals surface area contributed by atoms with Crippen molar-refractivity contribution in [3.63, 3.8) is 0 Å². The van der Waals surface area contributed by atoms with Crippen molar-refractivity contribution in [3.05, 3.63) is 59.2 Å². The number of hydrogen-bond donors (Lipinski definition) is 2. The van der Waals surface area contributed by atoms with Gasteiger partial charge in [0.2, 0.25) is 11.6 Å². The molecule has 3 rings (SSSR count). The molecule has 0 atom stereocenters. The van der Waals surface area contributed by atoms with Crippen LogP contribution in [0.5, 0.6) is 11.5 Å². The first-order chi connectivity index (χ1) is 13.1. The maximum atomic E-state index is 11.7. The highest BCUT2D eigenvalue weighted by atomic mass is 16.6. The minimum absolute atomic E-state index is 0.0184. The van der Waals surface area contributed by atoms with Gasteiger partial charge in [0.1, 0.15) is 17.8 Å². The SMILES string of the molecule is COc1ccc(Nc2ncnc(Nc3cccnc3)c2[N+](=O)[O-])c(OC)c1. The molecule has 0 fully saturated rings. The van der Waals surface area contributed by atoms with Gasteiger partial charge in [-0.05, 0) is 24.3 Å². The van der Waals surface area contributed by atoms with Crippen molar-refractivity contribution in [3.8, 4) is 11.5 Å². The van der Waals surface area contributed by atoms with Crippen molar-refractivity contribution in [2.24, 2.45) is 0 Å². The predicted molar refractivity (Wildman–Crippen MR) is 99.0 cm³/mol. The highest BCUT2D eigenvalue weighted by Gasteiger charge is 2.24. The van der Waals surface area contributed by atoms with Crippen molar-refractivity contribution in [2.75, 3.05) is 24.9 Å². The van der Waals surface area contributed by atoms with Gasteiger partial charge in [-0.2, -0.15) is 0 Å². The Bertz CT molecular complexity index is 951. The normalized spacial score (nSPS) is 10.1. The molecule has 138 valence electrons. The number of nitro groups is 1. The summed E-state index contributed by atoms with van der Waals surface area (Å²) in [7, 11) is 3.03. The number of nitrogens with one attached hydrogen (secondary N) is 2. The molecule has 1 aromatic carbocycles. The number of aromatic nitrogens is 3. The van der Waals surface area contributed by atoms with E-state index in [9.17, 15) is 10.1 Å². The zero-order valence-corrected chi connectivity index (χ0v) is 14.5. The predicted octanol–water partition coefficient (Wildman–Crippen LogP) is 3.28. The molecule has 0 radical (unpaired) electrons. The third-order valence-corrected chi connectivity index (χ3v) is 3.59. The van der Waals surface area contributed by atoms with E-state index >= 15 is 0 Å². The van der Waals surface area contributed by atoms with Gasteiger partial charge in [-0.1, -0.05) is 0 Å². The molecule has 27 heavy (non-hydrogen) atoms. The van der Waals surface area contributed by atoms with Gasteiger partial charge in [0, 0.05) is 12.3 Å². The van der Waals surface area contributed by atoms with E-state index in [1.165, 1.54) is 26.7 Å². The van der Waals surface area contributed by atoms with E-state index in [1.54, 1.807) is 36.5 Å². The summed E-state index contributed by atoms with van der Waals surface area (Å²) in [6, 6.07) is 8.46. The Morgan fingerprint density at radius 3 is 2.48 bits per heavy atom. The molecular weight excluding hydrogens is 352 g/mol. The molecule has 2 N–H and O–H groups in total. The lowest BCUT2D eigenvalue weighted by Crippen LogP contribution is -2.06. The smallest absolute Gasteiger partial charge is 0.353 e. The van der Waals surface area contributed by atoms with Crippen molar-refractivity contribution < 1.29 is 14.4 Å². The summed E-state index contributed by atoms with van der Waals surface area (Å²) in [4.78, 5) is 23.1. The molecular formula is C17H16N6O4. The van der Waals surface area contributed by atoms with Gasteiger partial charge >= 0.3 is 5.69 Å². The molecule has 0 amide bonds. The number of hydrogen-bond acceptors (Lipinski definition) is 9. The van der Waals surface area contributed by atoms with Gasteiger partial charge < -0.3 is 20.1 Å². The van der Waals surface area contributed by atoms with Crippen LogP contribution in [-0.2, 0) is 0 Å². The zero-order valence-electron chi connectivity index (χ0n) is 14.5. The number of nitrogens with zero attached hydrogens (tertiary/aromatic N) is 4. The summed E-state index contributed by atoms with van der Waals surface area (Å²) < 4.78 is 10.5. The first-order valence-electron chi connectivity index (χ1n) is 7.78. The third kappa shape index (κ3) is 4.00. The van der Waals surface area contributed by atoms with Crippen LogP contribution < -0.4 is 20.1 Å². The summed E-state index contributed by atoms with van der Waals surface area (Å²) in [6.07, 6.45) is 4.36. The minimum atomic E-state index is -0.558. The van der Waals surface area contributed by atoms with Gasteiger partial charge in [-0.3, -0.25) is 15.1 Å². The molecule has 2 aromatic heterocycles. The van der Waals surface area contributed by atoms with Gasteiger partial charge in [-0.15, -0.1) is 0 Å². The lowest BCUT2D eigenvalue weighted by Gasteiger charge is -2.13. The van der Waals surface area contributed by atoms with Crippen LogP contribution in [0.1, 0.15) is 0 Å². The van der Waals surface area contributed by atoms with Crippen LogP contribution in [0.15, 0.2) is 49.1 Å². The second-order valence-electron chi connectivity index (χ2n) is 5.23. The fraction of sp³-hybridized carbons (Fsp3) is 0.118. The number of methoxy groups -OCH3 is 2. The molecule has 0 saturated carbocycles. The molecule has 3 aromatic rings. The monoisotopic (exact) mass is 368 g/mol. The number of benzene rings is 1. The maximum absolute atomic E-state index is 11.7. The van der Waals surface area contributed by atoms with Crippen LogP contribution in [0.2, 0.25) is 0 Å². The van der Waals surface area contributed by atoms with E-state index in [4.69, 9.17) is 9.47 Å². The second-order valence-corrected chi connectivity index (χ2v) is 5.23. The topological polar surface area (TPSA) is 124 Å². The van der Waals surface area contributed by atoms with Crippen LogP contribution >= 0.6 is 0 Å². The number of pyridine rings is 1. The summed E-state index contributed by atoms with van der Waals surface area (Å²) in [5, 5.41) is 17.5. The first-order valence-corrected chi connectivity index (χ1v) is 7.78. The Morgan fingerprint density at radius 1 is 1.07 bits per heavy atom. The summed E-state index contributed by atoms with van der Waals surface area (Å²) >= 11 is 0. The Labute approximate surface area is 154 Å². The first kappa shape index (κ1) is 17.9. The lowest BCUT2D eigenvalue weighted by atomic mass is 10.2. The molecule has 0 aliphatic carbocycles. The molecule has 0 bridgehead atoms. The quantitative estimate of drug-likeness (QED) is 0.477. The standard InChI is InChI=1S/C17H16N6O4/c1-26-12-5-6-13(14(8-12)27-2)22-17-15(23(24)25)16(19-10-20-17)21-11-4-3-7-18-9-11/h3-10H,1-2H3,(H2,19,20,21,22). The molecule has 0 unspecified atom stereocenters. The van der Waals surface area contributed by atoms with Crippen LogP contribution in [0.3, 0.4) is 0 Å². The summed E-state index contributed by atoms with van der Waals surface area (Å²) in [6.45, 7) is 0. The van der Waals surface area contributed by atoms with Crippen LogP contribution in [0.4, 0.5) is 28.7 Å². The highest BCUT2D eigenvalue weighted by Crippen LogP contribution is 2.36. The Hall–Kier alpha value is -3.95. The number of ether oxygens (including phenoxy) is 2. The van der Waals surface area contributed by atoms with E-state index in [0.717, 1.165) is 0 Å². The van der Waals surface area contributed by atoms with Crippen molar-refractivity contribution in [1.82, 2.24) is 15.0 Å². The van der Waals surface area contributed by atoms with E-state index < -0.39 is 4.92 Å². The molecule has 0 saturated heterocycles. The van der Waals surface area contributed by atoms with Crippen molar-refractivity contribution in [2.45, 2.75) is 0 Å². The molecule has 2 heterocycles. The minimum Gasteiger partial charge on any atom is -0.497 e. The Balaban J connectivity index is 1.99. The highest BCUT2D eigenvalue weighted by molar-refractivity contribution is 5.78. The fourth-order valence-corrected chi connectivity index (χ4v) is 2.34. The fourth-order valence-electron chi connectivity index (χ4n) is 2.34. The molecule has 10 nitrogen and oxygen atoms in total. The Morgan fingerprint density at radius 2 is 1.85 bits per heavy atom. The molecule has 0 aliphatic heterocycles.